The zero-order valence-electron chi connectivity index (χ0n) is 22.4. The minimum absolute atomic E-state index is 0.205. The number of benzene rings is 4. The average Bonchev–Trinajstić information content (AvgIpc) is 3.31. The van der Waals surface area contributed by atoms with Crippen LogP contribution in [0.1, 0.15) is 36.1 Å². The second-order valence-corrected chi connectivity index (χ2v) is 10.8. The van der Waals surface area contributed by atoms with E-state index in [4.69, 9.17) is 9.15 Å². The summed E-state index contributed by atoms with van der Waals surface area (Å²) in [6.45, 7) is 6.55. The van der Waals surface area contributed by atoms with E-state index in [-0.39, 0.29) is 5.41 Å². The van der Waals surface area contributed by atoms with Crippen LogP contribution in [0.15, 0.2) is 95.5 Å². The molecule has 1 aliphatic heterocycles. The molecule has 4 heteroatoms. The van der Waals surface area contributed by atoms with Crippen LogP contribution in [0, 0.1) is 18.3 Å². The minimum atomic E-state index is -0.205. The van der Waals surface area contributed by atoms with Crippen LogP contribution in [-0.2, 0) is 12.5 Å². The van der Waals surface area contributed by atoms with Gasteiger partial charge in [0, 0.05) is 45.0 Å². The number of hydrogen-bond acceptors (Lipinski definition) is 3. The van der Waals surface area contributed by atoms with Crippen molar-refractivity contribution >= 4 is 21.9 Å². The van der Waals surface area contributed by atoms with Crippen LogP contribution in [0.2, 0.25) is 0 Å². The number of fused-ring (bicyclic) bond motifs is 5. The van der Waals surface area contributed by atoms with E-state index in [0.717, 1.165) is 61.4 Å². The van der Waals surface area contributed by atoms with Crippen LogP contribution in [0.4, 0.5) is 0 Å². The van der Waals surface area contributed by atoms with E-state index in [1.165, 1.54) is 5.56 Å². The third-order valence-electron chi connectivity index (χ3n) is 8.17. The van der Waals surface area contributed by atoms with Crippen LogP contribution >= 0.6 is 0 Å². The van der Waals surface area contributed by atoms with Crippen LogP contribution in [0.3, 0.4) is 0 Å². The summed E-state index contributed by atoms with van der Waals surface area (Å²) in [6.07, 6.45) is 2.04. The van der Waals surface area contributed by atoms with Gasteiger partial charge < -0.3 is 9.15 Å². The highest BCUT2D eigenvalue weighted by Gasteiger charge is 2.34. The van der Waals surface area contributed by atoms with Crippen molar-refractivity contribution in [2.75, 3.05) is 0 Å². The molecule has 0 unspecified atom stereocenters. The van der Waals surface area contributed by atoms with E-state index in [0.29, 0.717) is 11.1 Å². The van der Waals surface area contributed by atoms with Crippen molar-refractivity contribution in [2.45, 2.75) is 26.2 Å². The third kappa shape index (κ3) is 3.33. The molecular formula is C35H27N2O2+. The number of para-hydroxylation sites is 1. The van der Waals surface area contributed by atoms with Crippen LogP contribution < -0.4 is 9.30 Å². The number of nitriles is 1. The molecule has 0 saturated heterocycles. The Hall–Kier alpha value is -4.88. The molecule has 0 saturated carbocycles. The highest BCUT2D eigenvalue weighted by molar-refractivity contribution is 6.14. The summed E-state index contributed by atoms with van der Waals surface area (Å²) in [5.41, 5.74) is 9.14. The predicted octanol–water partition coefficient (Wildman–Crippen LogP) is 8.36. The summed E-state index contributed by atoms with van der Waals surface area (Å²) in [5, 5.41) is 12.2. The number of rotatable bonds is 2. The molecule has 6 aromatic rings. The number of pyridine rings is 1. The molecule has 188 valence electrons. The van der Waals surface area contributed by atoms with E-state index in [9.17, 15) is 5.26 Å². The van der Waals surface area contributed by atoms with Gasteiger partial charge in [-0.3, -0.25) is 0 Å². The zero-order chi connectivity index (χ0) is 26.9. The van der Waals surface area contributed by atoms with Crippen molar-refractivity contribution in [1.82, 2.24) is 0 Å². The van der Waals surface area contributed by atoms with Crippen molar-refractivity contribution in [1.29, 1.82) is 5.26 Å². The first-order valence-electron chi connectivity index (χ1n) is 13.1. The fraction of sp³-hybridized carbons (Fsp3) is 0.143. The molecule has 2 aromatic heterocycles. The number of nitrogens with zero attached hydrogens (tertiary/aromatic N) is 2. The van der Waals surface area contributed by atoms with Crippen molar-refractivity contribution in [2.24, 2.45) is 7.05 Å². The molecule has 7 rings (SSSR count). The first kappa shape index (κ1) is 23.3. The van der Waals surface area contributed by atoms with Gasteiger partial charge in [-0.2, -0.15) is 5.26 Å². The minimum Gasteiger partial charge on any atom is -0.457 e. The number of aromatic nitrogens is 1. The van der Waals surface area contributed by atoms with Gasteiger partial charge in [-0.1, -0.05) is 56.3 Å². The van der Waals surface area contributed by atoms with Crippen LogP contribution in [0.5, 0.6) is 11.5 Å². The number of ether oxygens (including phenoxy) is 1. The summed E-state index contributed by atoms with van der Waals surface area (Å²) >= 11 is 0. The van der Waals surface area contributed by atoms with Gasteiger partial charge in [0.05, 0.1) is 17.2 Å². The van der Waals surface area contributed by atoms with E-state index in [1.807, 2.05) is 49.6 Å². The van der Waals surface area contributed by atoms with Gasteiger partial charge in [0.2, 0.25) is 5.69 Å². The lowest BCUT2D eigenvalue weighted by atomic mass is 9.75. The van der Waals surface area contributed by atoms with Crippen molar-refractivity contribution in [3.63, 3.8) is 0 Å². The standard InChI is InChI=1S/C35H27N2O2/c1-21-12-15-24-25-16-13-23(20-36)32(34(25)39-33(24)31(21)28-10-7-8-18-37(28)4)22-14-17-27-30(19-22)38-29-11-6-5-9-26(29)35(27,2)3/h5-19H,1-4H3/q+1. The molecule has 4 nitrogen and oxygen atoms in total. The summed E-state index contributed by atoms with van der Waals surface area (Å²) in [7, 11) is 2.04. The largest absolute Gasteiger partial charge is 0.457 e. The SMILES string of the molecule is Cc1ccc2c(oc3c(-c4ccc5c(c4)Oc4ccccc4C5(C)C)c(C#N)ccc32)c1-c1cccc[n+]1C. The highest BCUT2D eigenvalue weighted by Crippen LogP contribution is 2.50. The van der Waals surface area contributed by atoms with Crippen molar-refractivity contribution in [3.05, 3.63) is 113 Å². The molecule has 0 amide bonds. The lowest BCUT2D eigenvalue weighted by Gasteiger charge is -2.34. The molecule has 3 heterocycles. The number of furan rings is 1. The maximum Gasteiger partial charge on any atom is 0.216 e. The Balaban J connectivity index is 1.50. The lowest BCUT2D eigenvalue weighted by molar-refractivity contribution is -0.660. The number of aryl methyl sites for hydroxylation is 2. The molecule has 0 spiro atoms. The second kappa shape index (κ2) is 8.31. The quantitative estimate of drug-likeness (QED) is 0.221. The second-order valence-electron chi connectivity index (χ2n) is 10.8. The fourth-order valence-corrected chi connectivity index (χ4v) is 6.10. The Kier molecular flexibility index (Phi) is 4.96. The summed E-state index contributed by atoms with van der Waals surface area (Å²) in [5.74, 6) is 1.67. The van der Waals surface area contributed by atoms with Gasteiger partial charge >= 0.3 is 0 Å². The molecule has 0 aliphatic carbocycles. The summed E-state index contributed by atoms with van der Waals surface area (Å²) < 4.78 is 15.3. The van der Waals surface area contributed by atoms with E-state index >= 15 is 0 Å². The Labute approximate surface area is 227 Å². The van der Waals surface area contributed by atoms with Gasteiger partial charge in [-0.15, -0.1) is 0 Å². The third-order valence-corrected chi connectivity index (χ3v) is 8.17. The Morgan fingerprint density at radius 2 is 1.49 bits per heavy atom. The van der Waals surface area contributed by atoms with Gasteiger partial charge in [0.1, 0.15) is 29.7 Å². The highest BCUT2D eigenvalue weighted by atomic mass is 16.5. The summed E-state index contributed by atoms with van der Waals surface area (Å²) in [6, 6.07) is 31.2. The zero-order valence-corrected chi connectivity index (χ0v) is 22.4. The maximum atomic E-state index is 10.2. The average molecular weight is 508 g/mol. The topological polar surface area (TPSA) is 50.0 Å². The van der Waals surface area contributed by atoms with Crippen molar-refractivity contribution < 1.29 is 13.7 Å². The molecule has 0 atom stereocenters. The molecule has 39 heavy (non-hydrogen) atoms. The van der Waals surface area contributed by atoms with Gasteiger partial charge in [-0.25, -0.2) is 4.57 Å². The van der Waals surface area contributed by atoms with Gasteiger partial charge in [0.15, 0.2) is 6.20 Å². The molecule has 0 fully saturated rings. The lowest BCUT2D eigenvalue weighted by Crippen LogP contribution is -2.30. The molecule has 4 aromatic carbocycles. The molecular weight excluding hydrogens is 480 g/mol. The normalized spacial score (nSPS) is 13.5. The molecule has 1 aliphatic rings. The van der Waals surface area contributed by atoms with Gasteiger partial charge in [-0.05, 0) is 48.4 Å². The Morgan fingerprint density at radius 3 is 2.28 bits per heavy atom. The van der Waals surface area contributed by atoms with E-state index in [2.05, 4.69) is 79.9 Å². The molecule has 0 bridgehead atoms. The van der Waals surface area contributed by atoms with Gasteiger partial charge in [0.25, 0.3) is 0 Å². The maximum absolute atomic E-state index is 10.2. The van der Waals surface area contributed by atoms with Crippen LogP contribution in [-0.4, -0.2) is 0 Å². The molecule has 0 N–H and O–H groups in total. The Morgan fingerprint density at radius 1 is 0.769 bits per heavy atom. The first-order valence-corrected chi connectivity index (χ1v) is 13.1. The molecule has 0 radical (unpaired) electrons. The predicted molar refractivity (Wildman–Crippen MR) is 154 cm³/mol. The van der Waals surface area contributed by atoms with E-state index in [1.54, 1.807) is 0 Å². The smallest absolute Gasteiger partial charge is 0.216 e. The number of hydrogen-bond donors (Lipinski definition) is 0. The van der Waals surface area contributed by atoms with E-state index < -0.39 is 0 Å². The Bertz CT molecular complexity index is 2010. The summed E-state index contributed by atoms with van der Waals surface area (Å²) in [4.78, 5) is 0. The van der Waals surface area contributed by atoms with Crippen LogP contribution in [0.25, 0.3) is 44.3 Å². The monoisotopic (exact) mass is 507 g/mol. The van der Waals surface area contributed by atoms with Crippen molar-refractivity contribution in [3.8, 4) is 40.0 Å². The first-order chi connectivity index (χ1) is 18.9. The fourth-order valence-electron chi connectivity index (χ4n) is 6.10.